The molecule has 0 amide bonds. The van der Waals surface area contributed by atoms with Crippen LogP contribution in [-0.4, -0.2) is 47.9 Å². The van der Waals surface area contributed by atoms with Crippen LogP contribution in [0.3, 0.4) is 0 Å². The maximum Gasteiger partial charge on any atom is 0.137 e. The molecule has 0 aliphatic carbocycles. The summed E-state index contributed by atoms with van der Waals surface area (Å²) in [7, 11) is 0. The highest BCUT2D eigenvalue weighted by molar-refractivity contribution is 5.39. The third-order valence-electron chi connectivity index (χ3n) is 4.24. The minimum absolute atomic E-state index is 0.549. The Morgan fingerprint density at radius 3 is 3.14 bits per heavy atom. The van der Waals surface area contributed by atoms with Gasteiger partial charge >= 0.3 is 0 Å². The van der Waals surface area contributed by atoms with Crippen molar-refractivity contribution in [3.63, 3.8) is 0 Å². The number of H-pyrrole nitrogens is 1. The van der Waals surface area contributed by atoms with Crippen molar-refractivity contribution < 1.29 is 5.11 Å². The molecule has 0 saturated carbocycles. The Labute approximate surface area is 127 Å². The van der Waals surface area contributed by atoms with Crippen molar-refractivity contribution >= 4 is 5.65 Å². The van der Waals surface area contributed by atoms with Gasteiger partial charge < -0.3 is 9.51 Å². The van der Waals surface area contributed by atoms with Gasteiger partial charge in [0.1, 0.15) is 16.9 Å². The molecule has 3 aromatic heterocycles. The summed E-state index contributed by atoms with van der Waals surface area (Å²) in [6.45, 7) is 2.23. The van der Waals surface area contributed by atoms with E-state index in [1.165, 1.54) is 0 Å². The Balaban J connectivity index is 1.53. The first-order valence-corrected chi connectivity index (χ1v) is 7.47. The molecule has 7 heteroatoms. The van der Waals surface area contributed by atoms with E-state index in [9.17, 15) is 5.11 Å². The number of hydrogen-bond donors (Lipinski definition) is 2. The van der Waals surface area contributed by atoms with Crippen molar-refractivity contribution in [1.82, 2.24) is 29.7 Å². The zero-order chi connectivity index (χ0) is 15.0. The predicted octanol–water partition coefficient (Wildman–Crippen LogP) is 0.936. The van der Waals surface area contributed by atoms with Crippen LogP contribution in [0.5, 0.6) is 0 Å². The summed E-state index contributed by atoms with van der Waals surface area (Å²) in [5.74, 6) is 0. The highest BCUT2D eigenvalue weighted by Gasteiger charge is 2.37. The molecule has 1 aliphatic rings. The van der Waals surface area contributed by atoms with Crippen molar-refractivity contribution in [3.05, 3.63) is 48.2 Å². The molecule has 1 unspecified atom stereocenters. The van der Waals surface area contributed by atoms with Crippen molar-refractivity contribution in [1.29, 1.82) is 0 Å². The lowest BCUT2D eigenvalue weighted by Crippen LogP contribution is -2.46. The summed E-state index contributed by atoms with van der Waals surface area (Å²) < 4.78 is 2.02. The number of likely N-dealkylation sites (tertiary alicyclic amines) is 1. The van der Waals surface area contributed by atoms with E-state index in [4.69, 9.17) is 0 Å². The SMILES string of the molecule is OC1(c2cn[nH]n2)CCCN(Cc2cn3ccccc3n2)C1. The van der Waals surface area contributed by atoms with Crippen LogP contribution < -0.4 is 0 Å². The predicted molar refractivity (Wildman–Crippen MR) is 80.0 cm³/mol. The number of hydrogen-bond acceptors (Lipinski definition) is 5. The van der Waals surface area contributed by atoms with Gasteiger partial charge in [0, 0.05) is 25.5 Å². The Kier molecular flexibility index (Phi) is 3.16. The van der Waals surface area contributed by atoms with E-state index < -0.39 is 5.60 Å². The normalized spacial score (nSPS) is 23.1. The molecule has 4 heterocycles. The molecule has 1 atom stereocenters. The van der Waals surface area contributed by atoms with Crippen LogP contribution in [-0.2, 0) is 12.1 Å². The van der Waals surface area contributed by atoms with Crippen LogP contribution in [0.15, 0.2) is 36.8 Å². The van der Waals surface area contributed by atoms with E-state index in [1.807, 2.05) is 35.0 Å². The molecule has 0 bridgehead atoms. The molecule has 0 radical (unpaired) electrons. The highest BCUT2D eigenvalue weighted by Crippen LogP contribution is 2.30. The summed E-state index contributed by atoms with van der Waals surface area (Å²) in [5, 5.41) is 21.3. The first-order valence-electron chi connectivity index (χ1n) is 7.47. The van der Waals surface area contributed by atoms with Crippen molar-refractivity contribution in [2.75, 3.05) is 13.1 Å². The number of fused-ring (bicyclic) bond motifs is 1. The minimum Gasteiger partial charge on any atom is -0.382 e. The molecule has 2 N–H and O–H groups in total. The van der Waals surface area contributed by atoms with Crippen LogP contribution in [0.25, 0.3) is 5.65 Å². The monoisotopic (exact) mass is 298 g/mol. The second kappa shape index (κ2) is 5.19. The minimum atomic E-state index is -0.926. The number of piperidine rings is 1. The lowest BCUT2D eigenvalue weighted by atomic mass is 9.90. The Bertz CT molecular complexity index is 734. The van der Waals surface area contributed by atoms with Crippen molar-refractivity contribution in [2.45, 2.75) is 25.0 Å². The topological polar surface area (TPSA) is 82.3 Å². The van der Waals surface area contributed by atoms with Crippen LogP contribution >= 0.6 is 0 Å². The number of rotatable bonds is 3. The number of aromatic nitrogens is 5. The molecule has 1 aliphatic heterocycles. The zero-order valence-electron chi connectivity index (χ0n) is 12.2. The van der Waals surface area contributed by atoms with E-state index in [0.717, 1.165) is 30.9 Å². The van der Waals surface area contributed by atoms with Gasteiger partial charge in [-0.05, 0) is 31.5 Å². The Morgan fingerprint density at radius 2 is 2.32 bits per heavy atom. The van der Waals surface area contributed by atoms with Gasteiger partial charge in [-0.3, -0.25) is 4.90 Å². The first kappa shape index (κ1) is 13.4. The number of aromatic amines is 1. The van der Waals surface area contributed by atoms with E-state index in [2.05, 4.69) is 25.3 Å². The van der Waals surface area contributed by atoms with Gasteiger partial charge in [0.25, 0.3) is 0 Å². The van der Waals surface area contributed by atoms with E-state index in [-0.39, 0.29) is 0 Å². The molecule has 0 aromatic carbocycles. The van der Waals surface area contributed by atoms with Crippen molar-refractivity contribution in [2.24, 2.45) is 0 Å². The van der Waals surface area contributed by atoms with E-state index in [1.54, 1.807) is 6.20 Å². The number of aliphatic hydroxyl groups is 1. The van der Waals surface area contributed by atoms with Crippen LogP contribution in [0, 0.1) is 0 Å². The van der Waals surface area contributed by atoms with E-state index in [0.29, 0.717) is 18.7 Å². The molecule has 1 saturated heterocycles. The van der Waals surface area contributed by atoms with Gasteiger partial charge in [0.15, 0.2) is 0 Å². The molecule has 0 spiro atoms. The molecule has 7 nitrogen and oxygen atoms in total. The fraction of sp³-hybridized carbons (Fsp3) is 0.400. The molecule has 4 rings (SSSR count). The molecular weight excluding hydrogens is 280 g/mol. The zero-order valence-corrected chi connectivity index (χ0v) is 12.2. The van der Waals surface area contributed by atoms with Gasteiger partial charge in [-0.2, -0.15) is 15.4 Å². The van der Waals surface area contributed by atoms with Gasteiger partial charge in [-0.15, -0.1) is 0 Å². The maximum absolute atomic E-state index is 10.8. The van der Waals surface area contributed by atoms with Gasteiger partial charge in [-0.1, -0.05) is 6.07 Å². The summed E-state index contributed by atoms with van der Waals surface area (Å²) >= 11 is 0. The second-order valence-electron chi connectivity index (χ2n) is 5.90. The smallest absolute Gasteiger partial charge is 0.137 e. The number of nitrogens with one attached hydrogen (secondary N) is 1. The second-order valence-corrected chi connectivity index (χ2v) is 5.90. The number of pyridine rings is 1. The van der Waals surface area contributed by atoms with Gasteiger partial charge in [0.2, 0.25) is 0 Å². The van der Waals surface area contributed by atoms with E-state index >= 15 is 0 Å². The standard InChI is InChI=1S/C15H18N6O/c22-15(13-8-16-19-18-13)5-3-6-20(11-15)9-12-10-21-7-2-1-4-14(21)17-12/h1-2,4,7-8,10,22H,3,5-6,9,11H2,(H,16,18,19). The summed E-state index contributed by atoms with van der Waals surface area (Å²) in [6, 6.07) is 5.96. The molecule has 1 fully saturated rings. The molecule has 114 valence electrons. The Hall–Kier alpha value is -2.25. The third kappa shape index (κ3) is 2.38. The largest absolute Gasteiger partial charge is 0.382 e. The fourth-order valence-corrected chi connectivity index (χ4v) is 3.19. The Morgan fingerprint density at radius 1 is 1.36 bits per heavy atom. The average molecular weight is 298 g/mol. The molecular formula is C15H18N6O. The lowest BCUT2D eigenvalue weighted by Gasteiger charge is -2.37. The van der Waals surface area contributed by atoms with Gasteiger partial charge in [0.05, 0.1) is 11.9 Å². The van der Waals surface area contributed by atoms with Crippen LogP contribution in [0.4, 0.5) is 0 Å². The number of imidazole rings is 1. The van der Waals surface area contributed by atoms with Crippen molar-refractivity contribution in [3.8, 4) is 0 Å². The summed E-state index contributed by atoms with van der Waals surface area (Å²) in [6.07, 6.45) is 7.28. The summed E-state index contributed by atoms with van der Waals surface area (Å²) in [5.41, 5.74) is 1.65. The quantitative estimate of drug-likeness (QED) is 0.752. The number of nitrogens with zero attached hydrogens (tertiary/aromatic N) is 5. The highest BCUT2D eigenvalue weighted by atomic mass is 16.3. The maximum atomic E-state index is 10.8. The van der Waals surface area contributed by atoms with Crippen LogP contribution in [0.2, 0.25) is 0 Å². The van der Waals surface area contributed by atoms with Crippen LogP contribution in [0.1, 0.15) is 24.2 Å². The lowest BCUT2D eigenvalue weighted by molar-refractivity contribution is -0.0416. The summed E-state index contributed by atoms with van der Waals surface area (Å²) in [4.78, 5) is 6.85. The average Bonchev–Trinajstić information content (AvgIpc) is 3.16. The van der Waals surface area contributed by atoms with Gasteiger partial charge in [-0.25, -0.2) is 4.98 Å². The molecule has 3 aromatic rings. The molecule has 22 heavy (non-hydrogen) atoms. The third-order valence-corrected chi connectivity index (χ3v) is 4.24. The first-order chi connectivity index (χ1) is 10.7. The fourth-order valence-electron chi connectivity index (χ4n) is 3.19. The number of β-amino-alcohol motifs (C(OH)–C–C–N with tert-alkyl or cyclic N) is 1.